The van der Waals surface area contributed by atoms with E-state index in [1.807, 2.05) is 30.5 Å². The Morgan fingerprint density at radius 2 is 2.11 bits per heavy atom. The van der Waals surface area contributed by atoms with E-state index in [9.17, 15) is 0 Å². The van der Waals surface area contributed by atoms with Crippen molar-refractivity contribution in [3.8, 4) is 11.4 Å². The van der Waals surface area contributed by atoms with Crippen molar-refractivity contribution in [2.75, 3.05) is 7.11 Å². The molecular formula is C13H16ClN3O. The van der Waals surface area contributed by atoms with Crippen molar-refractivity contribution >= 4 is 11.6 Å². The van der Waals surface area contributed by atoms with Gasteiger partial charge in [-0.25, -0.2) is 4.98 Å². The molecule has 1 heterocycles. The summed E-state index contributed by atoms with van der Waals surface area (Å²) in [6, 6.07) is 5.44. The average molecular weight is 266 g/mol. The lowest BCUT2D eigenvalue weighted by Crippen LogP contribution is -2.31. The van der Waals surface area contributed by atoms with Crippen LogP contribution in [0.5, 0.6) is 5.75 Å². The van der Waals surface area contributed by atoms with Crippen molar-refractivity contribution in [1.82, 2.24) is 9.55 Å². The highest BCUT2D eigenvalue weighted by atomic mass is 35.5. The van der Waals surface area contributed by atoms with Gasteiger partial charge in [-0.3, -0.25) is 4.57 Å². The molecule has 0 amide bonds. The Labute approximate surface area is 111 Å². The van der Waals surface area contributed by atoms with E-state index in [0.717, 1.165) is 17.1 Å². The number of benzene rings is 1. The van der Waals surface area contributed by atoms with E-state index in [1.165, 1.54) is 0 Å². The van der Waals surface area contributed by atoms with Crippen LogP contribution in [0.2, 0.25) is 5.02 Å². The molecule has 2 N–H and O–H groups in total. The van der Waals surface area contributed by atoms with E-state index >= 15 is 0 Å². The number of imidazole rings is 1. The van der Waals surface area contributed by atoms with E-state index in [-0.39, 0.29) is 0 Å². The summed E-state index contributed by atoms with van der Waals surface area (Å²) in [5.74, 6) is 0.725. The molecular weight excluding hydrogens is 250 g/mol. The van der Waals surface area contributed by atoms with Gasteiger partial charge in [-0.05, 0) is 32.0 Å². The highest BCUT2D eigenvalue weighted by Gasteiger charge is 2.21. The van der Waals surface area contributed by atoms with Gasteiger partial charge in [-0.15, -0.1) is 0 Å². The number of nitrogens with zero attached hydrogens (tertiary/aromatic N) is 2. The summed E-state index contributed by atoms with van der Waals surface area (Å²) in [4.78, 5) is 4.15. The van der Waals surface area contributed by atoms with Crippen LogP contribution >= 0.6 is 11.6 Å². The Morgan fingerprint density at radius 3 is 2.72 bits per heavy atom. The second-order valence-electron chi connectivity index (χ2n) is 4.69. The number of aromatic nitrogens is 2. The van der Waals surface area contributed by atoms with Gasteiger partial charge in [0.15, 0.2) is 0 Å². The van der Waals surface area contributed by atoms with Crippen LogP contribution in [0.1, 0.15) is 19.5 Å². The molecule has 0 spiro atoms. The van der Waals surface area contributed by atoms with Gasteiger partial charge < -0.3 is 10.5 Å². The van der Waals surface area contributed by atoms with Crippen molar-refractivity contribution in [1.29, 1.82) is 0 Å². The first-order valence-electron chi connectivity index (χ1n) is 5.59. The second kappa shape index (κ2) is 4.63. The van der Waals surface area contributed by atoms with Gasteiger partial charge in [-0.1, -0.05) is 11.6 Å². The summed E-state index contributed by atoms with van der Waals surface area (Å²) in [7, 11) is 1.62. The number of methoxy groups -OCH3 is 1. The SMILES string of the molecule is COc1ccc(Cl)cc1-n1cncc1C(C)(C)N. The van der Waals surface area contributed by atoms with Crippen LogP contribution in [0.15, 0.2) is 30.7 Å². The molecule has 0 aliphatic rings. The molecule has 4 nitrogen and oxygen atoms in total. The zero-order chi connectivity index (χ0) is 13.3. The molecule has 0 unspecified atom stereocenters. The third-order valence-corrected chi connectivity index (χ3v) is 2.93. The van der Waals surface area contributed by atoms with Crippen LogP contribution in [-0.2, 0) is 5.54 Å². The highest BCUT2D eigenvalue weighted by Crippen LogP contribution is 2.29. The Balaban J connectivity index is 2.62. The van der Waals surface area contributed by atoms with Gasteiger partial charge in [0.1, 0.15) is 5.75 Å². The monoisotopic (exact) mass is 265 g/mol. The predicted molar refractivity (Wildman–Crippen MR) is 72.3 cm³/mol. The Kier molecular flexibility index (Phi) is 3.32. The molecule has 0 aliphatic carbocycles. The van der Waals surface area contributed by atoms with E-state index in [1.54, 1.807) is 25.7 Å². The lowest BCUT2D eigenvalue weighted by atomic mass is 10.0. The molecule has 0 saturated carbocycles. The number of nitrogens with two attached hydrogens (primary N) is 1. The van der Waals surface area contributed by atoms with Gasteiger partial charge >= 0.3 is 0 Å². The maximum absolute atomic E-state index is 6.13. The third-order valence-electron chi connectivity index (χ3n) is 2.70. The zero-order valence-corrected chi connectivity index (χ0v) is 11.4. The van der Waals surface area contributed by atoms with Gasteiger partial charge in [0.05, 0.1) is 36.6 Å². The molecule has 2 rings (SSSR count). The van der Waals surface area contributed by atoms with Gasteiger partial charge in [0, 0.05) is 5.02 Å². The third kappa shape index (κ3) is 2.35. The van der Waals surface area contributed by atoms with Crippen molar-refractivity contribution in [3.63, 3.8) is 0 Å². The smallest absolute Gasteiger partial charge is 0.142 e. The molecule has 0 atom stereocenters. The van der Waals surface area contributed by atoms with E-state index in [2.05, 4.69) is 4.98 Å². The Bertz CT molecular complexity index is 558. The zero-order valence-electron chi connectivity index (χ0n) is 10.6. The molecule has 0 aliphatic heterocycles. The molecule has 1 aromatic carbocycles. The molecule has 96 valence electrons. The topological polar surface area (TPSA) is 53.1 Å². The quantitative estimate of drug-likeness (QED) is 0.928. The number of hydrogen-bond donors (Lipinski definition) is 1. The Hall–Kier alpha value is -1.52. The minimum Gasteiger partial charge on any atom is -0.495 e. The summed E-state index contributed by atoms with van der Waals surface area (Å²) >= 11 is 6.04. The molecule has 1 aromatic heterocycles. The predicted octanol–water partition coefficient (Wildman–Crippen LogP) is 2.73. The second-order valence-corrected chi connectivity index (χ2v) is 5.12. The molecule has 5 heteroatoms. The lowest BCUT2D eigenvalue weighted by molar-refractivity contribution is 0.411. The van der Waals surface area contributed by atoms with Crippen molar-refractivity contribution in [2.45, 2.75) is 19.4 Å². The van der Waals surface area contributed by atoms with Crippen LogP contribution in [-0.4, -0.2) is 16.7 Å². The minimum absolute atomic E-state index is 0.496. The van der Waals surface area contributed by atoms with Crippen LogP contribution in [0, 0.1) is 0 Å². The fourth-order valence-electron chi connectivity index (χ4n) is 1.82. The minimum atomic E-state index is -0.496. The van der Waals surface area contributed by atoms with E-state index < -0.39 is 5.54 Å². The first kappa shape index (κ1) is 12.9. The molecule has 0 fully saturated rings. The first-order valence-corrected chi connectivity index (χ1v) is 5.97. The van der Waals surface area contributed by atoms with Crippen molar-refractivity contribution in [3.05, 3.63) is 41.4 Å². The van der Waals surface area contributed by atoms with Crippen LogP contribution in [0.3, 0.4) is 0 Å². The number of halogens is 1. The summed E-state index contributed by atoms with van der Waals surface area (Å²) in [5.41, 5.74) is 7.36. The Morgan fingerprint density at radius 1 is 1.39 bits per heavy atom. The molecule has 2 aromatic rings. The van der Waals surface area contributed by atoms with E-state index in [4.69, 9.17) is 22.1 Å². The highest BCUT2D eigenvalue weighted by molar-refractivity contribution is 6.30. The normalized spacial score (nSPS) is 11.6. The molecule has 0 bridgehead atoms. The maximum atomic E-state index is 6.13. The standard InChI is InChI=1S/C13H16ClN3O/c1-13(2,15)12-7-16-8-17(12)10-6-9(14)4-5-11(10)18-3/h4-8H,15H2,1-3H3. The maximum Gasteiger partial charge on any atom is 0.142 e. The van der Waals surface area contributed by atoms with Gasteiger partial charge in [0.25, 0.3) is 0 Å². The number of rotatable bonds is 3. The fourth-order valence-corrected chi connectivity index (χ4v) is 1.98. The molecule has 0 radical (unpaired) electrons. The van der Waals surface area contributed by atoms with Gasteiger partial charge in [0.2, 0.25) is 0 Å². The van der Waals surface area contributed by atoms with Crippen molar-refractivity contribution < 1.29 is 4.74 Å². The number of ether oxygens (including phenoxy) is 1. The van der Waals surface area contributed by atoms with E-state index in [0.29, 0.717) is 5.02 Å². The van der Waals surface area contributed by atoms with Crippen LogP contribution in [0.25, 0.3) is 5.69 Å². The lowest BCUT2D eigenvalue weighted by Gasteiger charge is -2.21. The summed E-state index contributed by atoms with van der Waals surface area (Å²) in [6.07, 6.45) is 3.46. The van der Waals surface area contributed by atoms with Crippen LogP contribution in [0.4, 0.5) is 0 Å². The average Bonchev–Trinajstić information content (AvgIpc) is 2.77. The summed E-state index contributed by atoms with van der Waals surface area (Å²) in [5, 5.41) is 0.639. The van der Waals surface area contributed by atoms with Crippen molar-refractivity contribution in [2.24, 2.45) is 5.73 Å². The molecule has 0 saturated heterocycles. The summed E-state index contributed by atoms with van der Waals surface area (Å²) in [6.45, 7) is 3.86. The largest absolute Gasteiger partial charge is 0.495 e. The first-order chi connectivity index (χ1) is 8.43. The number of hydrogen-bond acceptors (Lipinski definition) is 3. The van der Waals surface area contributed by atoms with Gasteiger partial charge in [-0.2, -0.15) is 0 Å². The summed E-state index contributed by atoms with van der Waals surface area (Å²) < 4.78 is 7.24. The fraction of sp³-hybridized carbons (Fsp3) is 0.308. The molecule has 18 heavy (non-hydrogen) atoms. The van der Waals surface area contributed by atoms with Crippen LogP contribution < -0.4 is 10.5 Å².